The normalized spacial score (nSPS) is 13.7. The van der Waals surface area contributed by atoms with Gasteiger partial charge in [0.15, 0.2) is 5.78 Å². The van der Waals surface area contributed by atoms with Gasteiger partial charge in [0.2, 0.25) is 0 Å². The zero-order valence-corrected chi connectivity index (χ0v) is 14.4. The molecule has 4 nitrogen and oxygen atoms in total. The maximum absolute atomic E-state index is 12.6. The van der Waals surface area contributed by atoms with E-state index in [0.717, 1.165) is 41.8 Å². The second-order valence-corrected chi connectivity index (χ2v) is 6.51. The number of carbonyl (C=O) groups is 2. The zero-order chi connectivity index (χ0) is 17.1. The van der Waals surface area contributed by atoms with Crippen LogP contribution < -0.4 is 5.32 Å². The average Bonchev–Trinajstić information content (AvgIpc) is 2.92. The second-order valence-electron chi connectivity index (χ2n) is 6.51. The number of ketones is 1. The summed E-state index contributed by atoms with van der Waals surface area (Å²) >= 11 is 0. The molecule has 1 heterocycles. The van der Waals surface area contributed by atoms with Gasteiger partial charge in [-0.25, -0.2) is 0 Å². The number of aromatic amines is 1. The van der Waals surface area contributed by atoms with E-state index in [2.05, 4.69) is 29.4 Å². The topological polar surface area (TPSA) is 62.0 Å². The van der Waals surface area contributed by atoms with Gasteiger partial charge in [0, 0.05) is 23.4 Å². The summed E-state index contributed by atoms with van der Waals surface area (Å²) in [7, 11) is 0. The van der Waals surface area contributed by atoms with Crippen LogP contribution in [0.15, 0.2) is 24.3 Å². The van der Waals surface area contributed by atoms with Crippen molar-refractivity contribution in [3.63, 3.8) is 0 Å². The molecule has 3 rings (SSSR count). The third-order valence-electron chi connectivity index (χ3n) is 4.69. The van der Waals surface area contributed by atoms with Crippen LogP contribution >= 0.6 is 0 Å². The number of rotatable bonds is 5. The van der Waals surface area contributed by atoms with Crippen LogP contribution in [0.1, 0.15) is 70.3 Å². The Bertz CT molecular complexity index is 757. The Labute approximate surface area is 142 Å². The van der Waals surface area contributed by atoms with Gasteiger partial charge in [-0.15, -0.1) is 0 Å². The number of H-pyrrole nitrogens is 1. The van der Waals surface area contributed by atoms with E-state index in [-0.39, 0.29) is 11.7 Å². The molecule has 126 valence electrons. The summed E-state index contributed by atoms with van der Waals surface area (Å²) in [4.78, 5) is 27.8. The minimum absolute atomic E-state index is 0.143. The number of aromatic nitrogens is 1. The van der Waals surface area contributed by atoms with E-state index in [1.165, 1.54) is 18.4 Å². The molecule has 0 spiro atoms. The molecule has 24 heavy (non-hydrogen) atoms. The van der Waals surface area contributed by atoms with Gasteiger partial charge in [-0.2, -0.15) is 0 Å². The second kappa shape index (κ2) is 7.04. The smallest absolute Gasteiger partial charge is 0.272 e. The quantitative estimate of drug-likeness (QED) is 0.854. The number of aryl methyl sites for hydroxylation is 2. The molecular formula is C20H24N2O2. The Hall–Kier alpha value is -2.36. The van der Waals surface area contributed by atoms with Gasteiger partial charge in [-0.3, -0.25) is 9.59 Å². The molecule has 0 saturated heterocycles. The summed E-state index contributed by atoms with van der Waals surface area (Å²) in [5.41, 5.74) is 4.97. The Morgan fingerprint density at radius 3 is 2.62 bits per heavy atom. The molecule has 0 radical (unpaired) electrons. The highest BCUT2D eigenvalue weighted by Crippen LogP contribution is 2.27. The lowest BCUT2D eigenvalue weighted by molar-refractivity contribution is 0.0971. The number of amides is 1. The molecule has 1 aromatic heterocycles. The van der Waals surface area contributed by atoms with Crippen LogP contribution in [0.5, 0.6) is 0 Å². The van der Waals surface area contributed by atoms with E-state index in [1.54, 1.807) is 0 Å². The molecule has 2 N–H and O–H groups in total. The van der Waals surface area contributed by atoms with E-state index >= 15 is 0 Å². The summed E-state index contributed by atoms with van der Waals surface area (Å²) in [6.45, 7) is 4.03. The van der Waals surface area contributed by atoms with Crippen LogP contribution in [0, 0.1) is 6.92 Å². The third kappa shape index (κ3) is 3.28. The first-order chi connectivity index (χ1) is 11.6. The van der Waals surface area contributed by atoms with Gasteiger partial charge < -0.3 is 10.3 Å². The molecule has 4 heteroatoms. The van der Waals surface area contributed by atoms with Crippen LogP contribution in [0.4, 0.5) is 5.69 Å². The van der Waals surface area contributed by atoms with Gasteiger partial charge in [-0.1, -0.05) is 25.5 Å². The van der Waals surface area contributed by atoms with Crippen molar-refractivity contribution < 1.29 is 9.59 Å². The van der Waals surface area contributed by atoms with Gasteiger partial charge >= 0.3 is 0 Å². The molecule has 0 fully saturated rings. The predicted molar refractivity (Wildman–Crippen MR) is 95.8 cm³/mol. The minimum Gasteiger partial charge on any atom is -0.354 e. The van der Waals surface area contributed by atoms with Crippen molar-refractivity contribution in [2.24, 2.45) is 0 Å². The molecule has 1 aromatic carbocycles. The van der Waals surface area contributed by atoms with E-state index in [0.29, 0.717) is 12.1 Å². The molecule has 1 amide bonds. The predicted octanol–water partition coefficient (Wildman–Crippen LogP) is 4.44. The van der Waals surface area contributed by atoms with E-state index in [4.69, 9.17) is 0 Å². The molecule has 0 bridgehead atoms. The van der Waals surface area contributed by atoms with Gasteiger partial charge in [0.1, 0.15) is 5.69 Å². The van der Waals surface area contributed by atoms with Crippen molar-refractivity contribution in [1.29, 1.82) is 0 Å². The van der Waals surface area contributed by atoms with Crippen molar-refractivity contribution >= 4 is 17.4 Å². The van der Waals surface area contributed by atoms with Crippen molar-refractivity contribution in [1.82, 2.24) is 4.98 Å². The first kappa shape index (κ1) is 16.5. The first-order valence-corrected chi connectivity index (χ1v) is 8.75. The van der Waals surface area contributed by atoms with Crippen molar-refractivity contribution in [2.45, 2.75) is 52.4 Å². The fourth-order valence-corrected chi connectivity index (χ4v) is 3.33. The van der Waals surface area contributed by atoms with Crippen molar-refractivity contribution in [3.8, 4) is 0 Å². The van der Waals surface area contributed by atoms with E-state index in [9.17, 15) is 9.59 Å². The molecule has 0 unspecified atom stereocenters. The number of carbonyl (C=O) groups excluding carboxylic acids is 2. The summed E-state index contributed by atoms with van der Waals surface area (Å²) in [6, 6.07) is 7.99. The molecule has 0 aliphatic heterocycles. The van der Waals surface area contributed by atoms with E-state index in [1.807, 2.05) is 19.1 Å². The zero-order valence-electron chi connectivity index (χ0n) is 14.4. The van der Waals surface area contributed by atoms with Crippen molar-refractivity contribution in [3.05, 3.63) is 52.3 Å². The highest BCUT2D eigenvalue weighted by atomic mass is 16.2. The van der Waals surface area contributed by atoms with E-state index < -0.39 is 0 Å². The van der Waals surface area contributed by atoms with Gasteiger partial charge in [0.05, 0.1) is 0 Å². The minimum atomic E-state index is -0.184. The summed E-state index contributed by atoms with van der Waals surface area (Å²) in [5, 5.41) is 2.92. The maximum atomic E-state index is 12.6. The van der Waals surface area contributed by atoms with Crippen LogP contribution in [-0.4, -0.2) is 16.7 Å². The summed E-state index contributed by atoms with van der Waals surface area (Å²) in [5.74, 6) is -0.0414. The lowest BCUT2D eigenvalue weighted by Crippen LogP contribution is -2.14. The monoisotopic (exact) mass is 324 g/mol. The Morgan fingerprint density at radius 2 is 1.96 bits per heavy atom. The number of Topliss-reactive ketones (excluding diaryl/α,β-unsaturated/α-hetero) is 1. The lowest BCUT2D eigenvalue weighted by atomic mass is 9.94. The number of benzene rings is 1. The lowest BCUT2D eigenvalue weighted by Gasteiger charge is -2.09. The SMILES string of the molecule is CCCCc1ccc(NC(=O)c2[nH]c3c(c2C)C(=O)CCC3)cc1. The third-order valence-corrected chi connectivity index (χ3v) is 4.69. The van der Waals surface area contributed by atoms with Crippen LogP contribution in [-0.2, 0) is 12.8 Å². The summed E-state index contributed by atoms with van der Waals surface area (Å²) in [6.07, 6.45) is 5.68. The molecule has 1 aliphatic carbocycles. The number of unbranched alkanes of at least 4 members (excludes halogenated alkanes) is 1. The number of fused-ring (bicyclic) bond motifs is 1. The molecule has 0 saturated carbocycles. The standard InChI is InChI=1S/C20H24N2O2/c1-3-4-6-14-9-11-15(12-10-14)21-20(24)19-13(2)18-16(22-19)7-5-8-17(18)23/h9-12,22H,3-8H2,1-2H3,(H,21,24). The number of hydrogen-bond acceptors (Lipinski definition) is 2. The number of hydrogen-bond donors (Lipinski definition) is 2. The molecule has 2 aromatic rings. The summed E-state index contributed by atoms with van der Waals surface area (Å²) < 4.78 is 0. The Balaban J connectivity index is 1.75. The Kier molecular flexibility index (Phi) is 4.84. The fourth-order valence-electron chi connectivity index (χ4n) is 3.33. The van der Waals surface area contributed by atoms with Crippen molar-refractivity contribution in [2.75, 3.05) is 5.32 Å². The molecule has 0 atom stereocenters. The maximum Gasteiger partial charge on any atom is 0.272 e. The number of anilines is 1. The fraction of sp³-hybridized carbons (Fsp3) is 0.400. The van der Waals surface area contributed by atoms with Crippen LogP contribution in [0.25, 0.3) is 0 Å². The Morgan fingerprint density at radius 1 is 1.21 bits per heavy atom. The van der Waals surface area contributed by atoms with Crippen LogP contribution in [0.3, 0.4) is 0 Å². The average molecular weight is 324 g/mol. The van der Waals surface area contributed by atoms with Crippen LogP contribution in [0.2, 0.25) is 0 Å². The highest BCUT2D eigenvalue weighted by molar-refractivity contribution is 6.08. The van der Waals surface area contributed by atoms with Gasteiger partial charge in [0.25, 0.3) is 5.91 Å². The first-order valence-electron chi connectivity index (χ1n) is 8.75. The largest absolute Gasteiger partial charge is 0.354 e. The molecular weight excluding hydrogens is 300 g/mol. The van der Waals surface area contributed by atoms with Gasteiger partial charge in [-0.05, 0) is 55.9 Å². The highest BCUT2D eigenvalue weighted by Gasteiger charge is 2.26. The molecule has 1 aliphatic rings. The number of nitrogens with one attached hydrogen (secondary N) is 2.